The first kappa shape index (κ1) is 15.3. The van der Waals surface area contributed by atoms with Crippen LogP contribution in [0.5, 0.6) is 0 Å². The number of nitrogens with one attached hydrogen (secondary N) is 1. The van der Waals surface area contributed by atoms with Gasteiger partial charge in [0.2, 0.25) is 10.0 Å². The summed E-state index contributed by atoms with van der Waals surface area (Å²) >= 11 is 0. The van der Waals surface area contributed by atoms with Gasteiger partial charge in [0.25, 0.3) is 0 Å². The smallest absolute Gasteiger partial charge is 0.235 e. The molecule has 1 aliphatic rings. The second kappa shape index (κ2) is 6.59. The number of sulfonamides is 1. The molecule has 4 nitrogen and oxygen atoms in total. The van der Waals surface area contributed by atoms with E-state index >= 15 is 0 Å². The minimum Gasteiger partial charge on any atom is -0.310 e. The van der Waals surface area contributed by atoms with Crippen LogP contribution in [0, 0.1) is 0 Å². The molecular weight excluding hydrogens is 272 g/mol. The lowest BCUT2D eigenvalue weighted by atomic mass is 10.1. The Balaban J connectivity index is 2.11. The van der Waals surface area contributed by atoms with Crippen LogP contribution in [0.25, 0.3) is 0 Å². The monoisotopic (exact) mass is 296 g/mol. The molecule has 5 heteroatoms. The molecule has 1 aromatic rings. The molecule has 1 atom stereocenters. The normalized spacial score (nSPS) is 19.8. The minimum absolute atomic E-state index is 0.267. The van der Waals surface area contributed by atoms with E-state index in [-0.39, 0.29) is 5.75 Å². The molecule has 0 saturated carbocycles. The van der Waals surface area contributed by atoms with E-state index in [9.17, 15) is 8.42 Å². The van der Waals surface area contributed by atoms with E-state index in [1.165, 1.54) is 5.56 Å². The lowest BCUT2D eigenvalue weighted by Crippen LogP contribution is -2.37. The van der Waals surface area contributed by atoms with Crippen LogP contribution in [0.15, 0.2) is 24.3 Å². The summed E-state index contributed by atoms with van der Waals surface area (Å²) in [5, 5.41) is 3.43. The Morgan fingerprint density at radius 2 is 1.95 bits per heavy atom. The van der Waals surface area contributed by atoms with Gasteiger partial charge in [0.1, 0.15) is 0 Å². The number of benzene rings is 1. The molecule has 1 saturated heterocycles. The van der Waals surface area contributed by atoms with Crippen LogP contribution in [-0.4, -0.2) is 27.3 Å². The van der Waals surface area contributed by atoms with Crippen molar-refractivity contribution in [3.63, 3.8) is 0 Å². The van der Waals surface area contributed by atoms with Crippen molar-refractivity contribution in [3.05, 3.63) is 29.8 Å². The molecule has 0 radical (unpaired) electrons. The van der Waals surface area contributed by atoms with Gasteiger partial charge in [0.05, 0.1) is 11.4 Å². The maximum atomic E-state index is 12.1. The summed E-state index contributed by atoms with van der Waals surface area (Å²) in [5.41, 5.74) is 1.98. The maximum Gasteiger partial charge on any atom is 0.235 e. The van der Waals surface area contributed by atoms with Gasteiger partial charge in [0, 0.05) is 12.6 Å². The Hall–Kier alpha value is -1.07. The van der Waals surface area contributed by atoms with Crippen LogP contribution in [0.2, 0.25) is 0 Å². The van der Waals surface area contributed by atoms with Crippen LogP contribution in [0.3, 0.4) is 0 Å². The third-order valence-corrected chi connectivity index (χ3v) is 5.60. The molecule has 0 aromatic heterocycles. The number of nitrogens with zero attached hydrogens (tertiary/aromatic N) is 1. The highest BCUT2D eigenvalue weighted by atomic mass is 32.2. The highest BCUT2D eigenvalue weighted by Crippen LogP contribution is 2.25. The van der Waals surface area contributed by atoms with Gasteiger partial charge in [-0.25, -0.2) is 8.42 Å². The van der Waals surface area contributed by atoms with Gasteiger partial charge in [-0.05, 0) is 50.4 Å². The topological polar surface area (TPSA) is 49.4 Å². The fourth-order valence-corrected chi connectivity index (χ4v) is 4.13. The second-order valence-electron chi connectivity index (χ2n) is 5.36. The molecule has 1 unspecified atom stereocenters. The molecule has 0 amide bonds. The highest BCUT2D eigenvalue weighted by molar-refractivity contribution is 7.92. The molecule has 20 heavy (non-hydrogen) atoms. The van der Waals surface area contributed by atoms with E-state index in [0.717, 1.165) is 31.5 Å². The van der Waals surface area contributed by atoms with E-state index in [2.05, 4.69) is 19.2 Å². The summed E-state index contributed by atoms with van der Waals surface area (Å²) in [7, 11) is -3.11. The van der Waals surface area contributed by atoms with E-state index in [1.54, 1.807) is 4.31 Å². The first-order valence-electron chi connectivity index (χ1n) is 7.38. The van der Waals surface area contributed by atoms with Gasteiger partial charge >= 0.3 is 0 Å². The van der Waals surface area contributed by atoms with Crippen molar-refractivity contribution in [1.29, 1.82) is 0 Å². The van der Waals surface area contributed by atoms with E-state index in [0.29, 0.717) is 12.6 Å². The third-order valence-electron chi connectivity index (χ3n) is 3.73. The Morgan fingerprint density at radius 1 is 1.25 bits per heavy atom. The Morgan fingerprint density at radius 3 is 2.55 bits per heavy atom. The standard InChI is InChI=1S/C15H24N2O2S/c1-3-10-16-13(2)14-6-8-15(9-7-14)17-11-4-5-12-20(17,18)19/h6-9,13,16H,3-5,10-12H2,1-2H3. The van der Waals surface area contributed by atoms with Crippen LogP contribution < -0.4 is 9.62 Å². The molecule has 112 valence electrons. The molecule has 1 N–H and O–H groups in total. The number of rotatable bonds is 5. The van der Waals surface area contributed by atoms with Gasteiger partial charge in [-0.15, -0.1) is 0 Å². The summed E-state index contributed by atoms with van der Waals surface area (Å²) in [6.07, 6.45) is 2.82. The molecule has 1 fully saturated rings. The van der Waals surface area contributed by atoms with Crippen molar-refractivity contribution in [2.75, 3.05) is 23.1 Å². The predicted molar refractivity (Wildman–Crippen MR) is 83.5 cm³/mol. The molecule has 2 rings (SSSR count). The quantitative estimate of drug-likeness (QED) is 0.909. The first-order valence-corrected chi connectivity index (χ1v) is 8.99. The second-order valence-corrected chi connectivity index (χ2v) is 7.38. The van der Waals surface area contributed by atoms with Crippen molar-refractivity contribution < 1.29 is 8.42 Å². The molecule has 1 aromatic carbocycles. The molecule has 0 bridgehead atoms. The maximum absolute atomic E-state index is 12.1. The molecule has 0 spiro atoms. The third kappa shape index (κ3) is 3.52. The van der Waals surface area contributed by atoms with Crippen molar-refractivity contribution in [1.82, 2.24) is 5.32 Å². The van der Waals surface area contributed by atoms with Gasteiger partial charge in [-0.2, -0.15) is 0 Å². The summed E-state index contributed by atoms with van der Waals surface area (Å²) in [5.74, 6) is 0.267. The Kier molecular flexibility index (Phi) is 5.05. The van der Waals surface area contributed by atoms with Gasteiger partial charge < -0.3 is 5.32 Å². The number of hydrogen-bond acceptors (Lipinski definition) is 3. The van der Waals surface area contributed by atoms with E-state index in [1.807, 2.05) is 24.3 Å². The largest absolute Gasteiger partial charge is 0.310 e. The van der Waals surface area contributed by atoms with Crippen LogP contribution in [0.1, 0.15) is 44.7 Å². The van der Waals surface area contributed by atoms with E-state index < -0.39 is 10.0 Å². The van der Waals surface area contributed by atoms with Crippen molar-refractivity contribution >= 4 is 15.7 Å². The Bertz CT molecular complexity index is 525. The summed E-state index contributed by atoms with van der Waals surface area (Å²) in [6.45, 7) is 5.86. The van der Waals surface area contributed by atoms with Crippen LogP contribution in [-0.2, 0) is 10.0 Å². The lowest BCUT2D eigenvalue weighted by Gasteiger charge is -2.28. The van der Waals surface area contributed by atoms with Crippen molar-refractivity contribution in [3.8, 4) is 0 Å². The zero-order valence-corrected chi connectivity index (χ0v) is 13.1. The fraction of sp³-hybridized carbons (Fsp3) is 0.600. The zero-order chi connectivity index (χ0) is 14.6. The minimum atomic E-state index is -3.11. The SMILES string of the molecule is CCCNC(C)c1ccc(N2CCCCS2(=O)=O)cc1. The summed E-state index contributed by atoms with van der Waals surface area (Å²) in [4.78, 5) is 0. The van der Waals surface area contributed by atoms with Gasteiger partial charge in [-0.3, -0.25) is 4.31 Å². The summed E-state index contributed by atoms with van der Waals surface area (Å²) < 4.78 is 25.7. The summed E-state index contributed by atoms with van der Waals surface area (Å²) in [6, 6.07) is 8.17. The van der Waals surface area contributed by atoms with E-state index in [4.69, 9.17) is 0 Å². The Labute approximate surface area is 122 Å². The van der Waals surface area contributed by atoms with Crippen LogP contribution in [0.4, 0.5) is 5.69 Å². The van der Waals surface area contributed by atoms with Gasteiger partial charge in [-0.1, -0.05) is 19.1 Å². The van der Waals surface area contributed by atoms with Crippen molar-refractivity contribution in [2.24, 2.45) is 0 Å². The molecule has 0 aliphatic carbocycles. The zero-order valence-electron chi connectivity index (χ0n) is 12.3. The fourth-order valence-electron chi connectivity index (χ4n) is 2.49. The molecule has 1 aliphatic heterocycles. The average molecular weight is 296 g/mol. The first-order chi connectivity index (χ1) is 9.54. The van der Waals surface area contributed by atoms with Gasteiger partial charge in [0.15, 0.2) is 0 Å². The van der Waals surface area contributed by atoms with Crippen molar-refractivity contribution in [2.45, 2.75) is 39.2 Å². The average Bonchev–Trinajstić information content (AvgIpc) is 2.44. The number of hydrogen-bond donors (Lipinski definition) is 1. The van der Waals surface area contributed by atoms with Crippen LogP contribution >= 0.6 is 0 Å². The molecule has 1 heterocycles. The number of anilines is 1. The highest BCUT2D eigenvalue weighted by Gasteiger charge is 2.25. The lowest BCUT2D eigenvalue weighted by molar-refractivity contribution is 0.570. The predicted octanol–water partition coefficient (Wildman–Crippen LogP) is 2.68. The molecular formula is C15H24N2O2S.